The van der Waals surface area contributed by atoms with Gasteiger partial charge in [-0.15, -0.1) is 0 Å². The highest BCUT2D eigenvalue weighted by Crippen LogP contribution is 2.39. The second-order valence-corrected chi connectivity index (χ2v) is 5.46. The molecule has 2 bridgehead atoms. The van der Waals surface area contributed by atoms with Gasteiger partial charge in [-0.05, 0) is 36.8 Å². The Morgan fingerprint density at radius 1 is 1.10 bits per heavy atom. The van der Waals surface area contributed by atoms with Crippen LogP contribution in [0.15, 0.2) is 30.4 Å². The van der Waals surface area contributed by atoms with Crippen LogP contribution >= 0.6 is 0 Å². The molecule has 0 heterocycles. The van der Waals surface area contributed by atoms with Crippen LogP contribution < -0.4 is 14.8 Å². The minimum absolute atomic E-state index is 0.0619. The fourth-order valence-corrected chi connectivity index (χ4v) is 3.14. The summed E-state index contributed by atoms with van der Waals surface area (Å²) >= 11 is 0. The Bertz CT molecular complexity index is 530. The van der Waals surface area contributed by atoms with Gasteiger partial charge in [-0.2, -0.15) is 0 Å². The standard InChI is InChI=1S/C16H19NO3/c1-19-13-7-12(8-14(9-13)20-2)16(18)17-15-6-10-3-4-11(15)5-10/h3-4,7-11,15H,5-6H2,1-2H3,(H,17,18). The molecule has 20 heavy (non-hydrogen) atoms. The largest absolute Gasteiger partial charge is 0.497 e. The van der Waals surface area contributed by atoms with Crippen LogP contribution in [0.25, 0.3) is 0 Å². The quantitative estimate of drug-likeness (QED) is 0.857. The molecule has 1 amide bonds. The zero-order valence-electron chi connectivity index (χ0n) is 11.8. The van der Waals surface area contributed by atoms with Gasteiger partial charge in [-0.25, -0.2) is 0 Å². The number of carbonyl (C=O) groups excluding carboxylic acids is 1. The molecule has 0 saturated heterocycles. The number of hydrogen-bond acceptors (Lipinski definition) is 3. The lowest BCUT2D eigenvalue weighted by Crippen LogP contribution is -2.37. The molecule has 1 fully saturated rings. The molecule has 0 aliphatic heterocycles. The molecule has 3 rings (SSSR count). The third-order valence-corrected chi connectivity index (χ3v) is 4.21. The number of amides is 1. The Labute approximate surface area is 118 Å². The summed E-state index contributed by atoms with van der Waals surface area (Å²) in [5, 5.41) is 3.13. The number of nitrogens with one attached hydrogen (secondary N) is 1. The number of allylic oxidation sites excluding steroid dienone is 1. The van der Waals surface area contributed by atoms with E-state index in [-0.39, 0.29) is 11.9 Å². The molecule has 1 aromatic rings. The minimum Gasteiger partial charge on any atom is -0.497 e. The lowest BCUT2D eigenvalue weighted by Gasteiger charge is -2.20. The summed E-state index contributed by atoms with van der Waals surface area (Å²) in [5.41, 5.74) is 0.577. The second kappa shape index (κ2) is 5.19. The Balaban J connectivity index is 1.75. The van der Waals surface area contributed by atoms with E-state index in [1.165, 1.54) is 6.42 Å². The number of fused-ring (bicyclic) bond motifs is 2. The maximum atomic E-state index is 12.4. The number of rotatable bonds is 4. The monoisotopic (exact) mass is 273 g/mol. The molecule has 3 atom stereocenters. The summed E-state index contributed by atoms with van der Waals surface area (Å²) in [5.74, 6) is 2.33. The predicted molar refractivity (Wildman–Crippen MR) is 76.2 cm³/mol. The van der Waals surface area contributed by atoms with Crippen LogP contribution in [0.2, 0.25) is 0 Å². The summed E-state index contributed by atoms with van der Waals surface area (Å²) < 4.78 is 10.4. The number of ether oxygens (including phenoxy) is 2. The molecule has 0 aromatic heterocycles. The topological polar surface area (TPSA) is 47.6 Å². The van der Waals surface area contributed by atoms with Crippen LogP contribution in [0.3, 0.4) is 0 Å². The minimum atomic E-state index is -0.0619. The maximum absolute atomic E-state index is 12.4. The Morgan fingerprint density at radius 3 is 2.30 bits per heavy atom. The Morgan fingerprint density at radius 2 is 1.80 bits per heavy atom. The van der Waals surface area contributed by atoms with Crippen molar-refractivity contribution in [3.05, 3.63) is 35.9 Å². The predicted octanol–water partition coefficient (Wildman–Crippen LogP) is 2.40. The summed E-state index contributed by atoms with van der Waals surface area (Å²) in [7, 11) is 3.16. The molecule has 1 N–H and O–H groups in total. The molecule has 106 valence electrons. The normalized spacial score (nSPS) is 26.6. The van der Waals surface area contributed by atoms with Crippen LogP contribution in [-0.2, 0) is 0 Å². The molecule has 1 aromatic carbocycles. The van der Waals surface area contributed by atoms with Gasteiger partial charge in [0, 0.05) is 17.7 Å². The van der Waals surface area contributed by atoms with Crippen molar-refractivity contribution < 1.29 is 14.3 Å². The number of methoxy groups -OCH3 is 2. The van der Waals surface area contributed by atoms with Crippen LogP contribution in [0.4, 0.5) is 0 Å². The van der Waals surface area contributed by atoms with Crippen molar-refractivity contribution >= 4 is 5.91 Å². The van der Waals surface area contributed by atoms with E-state index in [4.69, 9.17) is 9.47 Å². The first-order valence-electron chi connectivity index (χ1n) is 6.92. The fourth-order valence-electron chi connectivity index (χ4n) is 3.14. The first-order valence-corrected chi connectivity index (χ1v) is 6.92. The molecule has 2 aliphatic carbocycles. The van der Waals surface area contributed by atoms with Crippen LogP contribution in [0.1, 0.15) is 23.2 Å². The molecule has 0 radical (unpaired) electrons. The van der Waals surface area contributed by atoms with Crippen molar-refractivity contribution in [3.63, 3.8) is 0 Å². The van der Waals surface area contributed by atoms with Gasteiger partial charge in [0.15, 0.2) is 0 Å². The molecule has 4 heteroatoms. The van der Waals surface area contributed by atoms with Gasteiger partial charge in [0.25, 0.3) is 5.91 Å². The van der Waals surface area contributed by atoms with Crippen molar-refractivity contribution in [3.8, 4) is 11.5 Å². The van der Waals surface area contributed by atoms with Crippen LogP contribution in [-0.4, -0.2) is 26.2 Å². The summed E-state index contributed by atoms with van der Waals surface area (Å²) in [6.45, 7) is 0. The van der Waals surface area contributed by atoms with Gasteiger partial charge < -0.3 is 14.8 Å². The van der Waals surface area contributed by atoms with Gasteiger partial charge in [-0.3, -0.25) is 4.79 Å². The van der Waals surface area contributed by atoms with E-state index in [0.29, 0.717) is 28.9 Å². The van der Waals surface area contributed by atoms with Crippen LogP contribution in [0.5, 0.6) is 11.5 Å². The molecule has 3 unspecified atom stereocenters. The van der Waals surface area contributed by atoms with Crippen molar-refractivity contribution in [1.29, 1.82) is 0 Å². The van der Waals surface area contributed by atoms with E-state index in [1.807, 2.05) is 0 Å². The third kappa shape index (κ3) is 2.38. The molecule has 1 saturated carbocycles. The van der Waals surface area contributed by atoms with Crippen molar-refractivity contribution in [2.75, 3.05) is 14.2 Å². The van der Waals surface area contributed by atoms with Gasteiger partial charge in [0.05, 0.1) is 14.2 Å². The van der Waals surface area contributed by atoms with Crippen molar-refractivity contribution in [1.82, 2.24) is 5.32 Å². The van der Waals surface area contributed by atoms with E-state index in [1.54, 1.807) is 32.4 Å². The SMILES string of the molecule is COc1cc(OC)cc(C(=O)NC2CC3C=CC2C3)c1. The van der Waals surface area contributed by atoms with E-state index >= 15 is 0 Å². The summed E-state index contributed by atoms with van der Waals surface area (Å²) in [4.78, 5) is 12.4. The average Bonchev–Trinajstić information content (AvgIpc) is 3.09. The number of hydrogen-bond donors (Lipinski definition) is 1. The summed E-state index contributed by atoms with van der Waals surface area (Å²) in [6.07, 6.45) is 6.72. The Kier molecular flexibility index (Phi) is 3.38. The first-order chi connectivity index (χ1) is 9.69. The Hall–Kier alpha value is -1.97. The lowest BCUT2D eigenvalue weighted by atomic mass is 10.0. The second-order valence-electron chi connectivity index (χ2n) is 5.46. The van der Waals surface area contributed by atoms with Gasteiger partial charge in [0.2, 0.25) is 0 Å². The number of carbonyl (C=O) groups is 1. The maximum Gasteiger partial charge on any atom is 0.251 e. The van der Waals surface area contributed by atoms with E-state index in [9.17, 15) is 4.79 Å². The molecule has 0 spiro atoms. The van der Waals surface area contributed by atoms with Crippen molar-refractivity contribution in [2.45, 2.75) is 18.9 Å². The van der Waals surface area contributed by atoms with Crippen LogP contribution in [0, 0.1) is 11.8 Å². The smallest absolute Gasteiger partial charge is 0.251 e. The molecule has 4 nitrogen and oxygen atoms in total. The highest BCUT2D eigenvalue weighted by atomic mass is 16.5. The van der Waals surface area contributed by atoms with Gasteiger partial charge >= 0.3 is 0 Å². The lowest BCUT2D eigenvalue weighted by molar-refractivity contribution is 0.0930. The molecule has 2 aliphatic rings. The highest BCUT2D eigenvalue weighted by Gasteiger charge is 2.36. The van der Waals surface area contributed by atoms with E-state index in [2.05, 4.69) is 17.5 Å². The summed E-state index contributed by atoms with van der Waals surface area (Å²) in [6, 6.07) is 5.49. The van der Waals surface area contributed by atoms with E-state index < -0.39 is 0 Å². The van der Waals surface area contributed by atoms with Gasteiger partial charge in [-0.1, -0.05) is 12.2 Å². The van der Waals surface area contributed by atoms with Crippen molar-refractivity contribution in [2.24, 2.45) is 11.8 Å². The molecular weight excluding hydrogens is 254 g/mol. The molecular formula is C16H19NO3. The average molecular weight is 273 g/mol. The highest BCUT2D eigenvalue weighted by molar-refractivity contribution is 5.95. The third-order valence-electron chi connectivity index (χ3n) is 4.21. The van der Waals surface area contributed by atoms with E-state index in [0.717, 1.165) is 6.42 Å². The first kappa shape index (κ1) is 13.0. The zero-order chi connectivity index (χ0) is 14.1. The number of benzene rings is 1. The van der Waals surface area contributed by atoms with Gasteiger partial charge in [0.1, 0.15) is 11.5 Å². The zero-order valence-corrected chi connectivity index (χ0v) is 11.8. The fraction of sp³-hybridized carbons (Fsp3) is 0.438.